The quantitative estimate of drug-likeness (QED) is 0.641. The minimum atomic E-state index is -4.22. The van der Waals surface area contributed by atoms with E-state index in [1.807, 2.05) is 0 Å². The normalized spacial score (nSPS) is 27.2. The molecule has 0 aromatic carbocycles. The SMILES string of the molecule is FC(F)(F)c1cscc1C1CCC(Cl)C1. The third kappa shape index (κ3) is 2.31. The lowest BCUT2D eigenvalue weighted by Crippen LogP contribution is -2.08. The molecule has 1 fully saturated rings. The molecule has 84 valence electrons. The Hall–Kier alpha value is -0.220. The maximum absolute atomic E-state index is 12.6. The zero-order valence-corrected chi connectivity index (χ0v) is 9.42. The molecular weight excluding hydrogens is 245 g/mol. The first-order chi connectivity index (χ1) is 6.98. The monoisotopic (exact) mass is 254 g/mol. The van der Waals surface area contributed by atoms with Gasteiger partial charge in [-0.2, -0.15) is 24.5 Å². The lowest BCUT2D eigenvalue weighted by molar-refractivity contribution is -0.138. The van der Waals surface area contributed by atoms with Crippen LogP contribution in [-0.2, 0) is 6.18 Å². The zero-order valence-electron chi connectivity index (χ0n) is 7.85. The Morgan fingerprint density at radius 1 is 1.27 bits per heavy atom. The van der Waals surface area contributed by atoms with Crippen molar-refractivity contribution >= 4 is 22.9 Å². The fraction of sp³-hybridized carbons (Fsp3) is 0.600. The van der Waals surface area contributed by atoms with Gasteiger partial charge < -0.3 is 0 Å². The van der Waals surface area contributed by atoms with Crippen molar-refractivity contribution in [1.29, 1.82) is 0 Å². The summed E-state index contributed by atoms with van der Waals surface area (Å²) in [6.07, 6.45) is -1.96. The van der Waals surface area contributed by atoms with Gasteiger partial charge in [0.15, 0.2) is 0 Å². The summed E-state index contributed by atoms with van der Waals surface area (Å²) >= 11 is 7.03. The van der Waals surface area contributed by atoms with E-state index in [1.54, 1.807) is 5.38 Å². The highest BCUT2D eigenvalue weighted by Gasteiger charge is 2.37. The summed E-state index contributed by atoms with van der Waals surface area (Å²) in [5.74, 6) is -0.00428. The van der Waals surface area contributed by atoms with E-state index < -0.39 is 11.7 Å². The van der Waals surface area contributed by atoms with E-state index in [0.29, 0.717) is 12.0 Å². The summed E-state index contributed by atoms with van der Waals surface area (Å²) in [5.41, 5.74) is -0.0288. The van der Waals surface area contributed by atoms with Gasteiger partial charge in [0.1, 0.15) is 0 Å². The average molecular weight is 255 g/mol. The predicted molar refractivity (Wildman–Crippen MR) is 55.6 cm³/mol. The first-order valence-corrected chi connectivity index (χ1v) is 6.13. The van der Waals surface area contributed by atoms with Gasteiger partial charge in [0.05, 0.1) is 5.56 Å². The Morgan fingerprint density at radius 3 is 2.53 bits per heavy atom. The maximum Gasteiger partial charge on any atom is 0.417 e. The lowest BCUT2D eigenvalue weighted by atomic mass is 9.97. The highest BCUT2D eigenvalue weighted by molar-refractivity contribution is 7.08. The van der Waals surface area contributed by atoms with Crippen LogP contribution in [0.5, 0.6) is 0 Å². The number of hydrogen-bond acceptors (Lipinski definition) is 1. The summed E-state index contributed by atoms with van der Waals surface area (Å²) in [6.45, 7) is 0. The van der Waals surface area contributed by atoms with Gasteiger partial charge in [-0.1, -0.05) is 0 Å². The second kappa shape index (κ2) is 3.98. The molecule has 0 bridgehead atoms. The molecule has 0 nitrogen and oxygen atoms in total. The molecule has 5 heteroatoms. The fourth-order valence-electron chi connectivity index (χ4n) is 2.06. The molecule has 0 spiro atoms. The van der Waals surface area contributed by atoms with Crippen LogP contribution in [0.4, 0.5) is 13.2 Å². The van der Waals surface area contributed by atoms with Crippen molar-refractivity contribution in [1.82, 2.24) is 0 Å². The number of hydrogen-bond donors (Lipinski definition) is 0. The van der Waals surface area contributed by atoms with Gasteiger partial charge in [0.2, 0.25) is 0 Å². The molecule has 2 unspecified atom stereocenters. The van der Waals surface area contributed by atoms with Crippen LogP contribution in [0.2, 0.25) is 0 Å². The van der Waals surface area contributed by atoms with Crippen molar-refractivity contribution < 1.29 is 13.2 Å². The summed E-state index contributed by atoms with van der Waals surface area (Å²) in [5, 5.41) is 2.84. The highest BCUT2D eigenvalue weighted by Crippen LogP contribution is 2.44. The van der Waals surface area contributed by atoms with Crippen LogP contribution in [0.25, 0.3) is 0 Å². The van der Waals surface area contributed by atoms with E-state index in [9.17, 15) is 13.2 Å². The van der Waals surface area contributed by atoms with Gasteiger partial charge in [-0.25, -0.2) is 0 Å². The maximum atomic E-state index is 12.6. The third-order valence-corrected chi connectivity index (χ3v) is 3.96. The molecule has 1 aromatic rings. The standard InChI is InChI=1S/C10H10ClF3S/c11-7-2-1-6(3-7)8-4-15-5-9(8)10(12,13)14/h4-7H,1-3H2. The second-order valence-electron chi connectivity index (χ2n) is 3.85. The van der Waals surface area contributed by atoms with Crippen molar-refractivity contribution in [3.05, 3.63) is 21.9 Å². The molecule has 0 amide bonds. The number of alkyl halides is 4. The number of thiophene rings is 1. The molecule has 1 heterocycles. The molecule has 0 radical (unpaired) electrons. The molecule has 1 saturated carbocycles. The van der Waals surface area contributed by atoms with Crippen LogP contribution in [0.1, 0.15) is 36.3 Å². The lowest BCUT2D eigenvalue weighted by Gasteiger charge is -2.13. The Kier molecular flexibility index (Phi) is 2.99. The summed E-state index contributed by atoms with van der Waals surface area (Å²) in [6, 6.07) is 0. The van der Waals surface area contributed by atoms with Gasteiger partial charge in [0, 0.05) is 10.8 Å². The fourth-order valence-corrected chi connectivity index (χ4v) is 3.34. The van der Waals surface area contributed by atoms with Gasteiger partial charge in [-0.15, -0.1) is 11.6 Å². The van der Waals surface area contributed by atoms with E-state index in [2.05, 4.69) is 0 Å². The largest absolute Gasteiger partial charge is 0.417 e. The van der Waals surface area contributed by atoms with E-state index in [0.717, 1.165) is 24.2 Å². The molecular formula is C10H10ClF3S. The van der Waals surface area contributed by atoms with E-state index in [-0.39, 0.29) is 11.3 Å². The van der Waals surface area contributed by atoms with E-state index in [1.165, 1.54) is 5.38 Å². The van der Waals surface area contributed by atoms with Crippen LogP contribution in [0, 0.1) is 0 Å². The molecule has 2 atom stereocenters. The minimum absolute atomic E-state index is 0.00428. The Morgan fingerprint density at radius 2 is 2.00 bits per heavy atom. The van der Waals surface area contributed by atoms with E-state index >= 15 is 0 Å². The summed E-state index contributed by atoms with van der Waals surface area (Å²) < 4.78 is 37.8. The topological polar surface area (TPSA) is 0 Å². The molecule has 0 N–H and O–H groups in total. The van der Waals surface area contributed by atoms with Crippen LogP contribution in [-0.4, -0.2) is 5.38 Å². The van der Waals surface area contributed by atoms with Crippen molar-refractivity contribution in [3.8, 4) is 0 Å². The van der Waals surface area contributed by atoms with Crippen LogP contribution in [0.3, 0.4) is 0 Å². The molecule has 1 aliphatic rings. The Balaban J connectivity index is 2.25. The number of rotatable bonds is 1. The second-order valence-corrected chi connectivity index (χ2v) is 5.21. The molecule has 0 aliphatic heterocycles. The molecule has 2 rings (SSSR count). The zero-order chi connectivity index (χ0) is 11.1. The van der Waals surface area contributed by atoms with Crippen molar-refractivity contribution in [2.24, 2.45) is 0 Å². The van der Waals surface area contributed by atoms with Gasteiger partial charge in [-0.3, -0.25) is 0 Å². The highest BCUT2D eigenvalue weighted by atomic mass is 35.5. The van der Waals surface area contributed by atoms with Gasteiger partial charge in [0.25, 0.3) is 0 Å². The number of halogens is 4. The smallest absolute Gasteiger partial charge is 0.166 e. The molecule has 1 aliphatic carbocycles. The third-order valence-electron chi connectivity index (χ3n) is 2.81. The van der Waals surface area contributed by atoms with Gasteiger partial charge >= 0.3 is 6.18 Å². The average Bonchev–Trinajstić information content (AvgIpc) is 2.68. The Labute approximate surface area is 95.1 Å². The molecule has 1 aromatic heterocycles. The van der Waals surface area contributed by atoms with Crippen molar-refractivity contribution in [2.45, 2.75) is 36.7 Å². The van der Waals surface area contributed by atoms with Crippen LogP contribution >= 0.6 is 22.9 Å². The van der Waals surface area contributed by atoms with Crippen LogP contribution in [0.15, 0.2) is 10.8 Å². The van der Waals surface area contributed by atoms with Crippen molar-refractivity contribution in [3.63, 3.8) is 0 Å². The van der Waals surface area contributed by atoms with Gasteiger partial charge in [-0.05, 0) is 36.1 Å². The minimum Gasteiger partial charge on any atom is -0.166 e. The molecule has 0 saturated heterocycles. The predicted octanol–water partition coefficient (Wildman–Crippen LogP) is 4.64. The van der Waals surface area contributed by atoms with Crippen LogP contribution < -0.4 is 0 Å². The van der Waals surface area contributed by atoms with Crippen molar-refractivity contribution in [2.75, 3.05) is 0 Å². The summed E-state index contributed by atoms with van der Waals surface area (Å²) in [7, 11) is 0. The Bertz CT molecular complexity index is 345. The summed E-state index contributed by atoms with van der Waals surface area (Å²) in [4.78, 5) is 0. The first-order valence-electron chi connectivity index (χ1n) is 4.76. The molecule has 15 heavy (non-hydrogen) atoms. The first kappa shape index (κ1) is 11.3. The van der Waals surface area contributed by atoms with E-state index in [4.69, 9.17) is 11.6 Å².